The standard InChI is InChI=1S/C10H14N2O4/c13-9(14)2-1-4-11-10(15)12-6-8-3-5-16-7-8/h3,5,7H,1-2,4,6H2,(H,13,14)(H2,11,12,15). The molecular weight excluding hydrogens is 212 g/mol. The molecular formula is C10H14N2O4. The van der Waals surface area contributed by atoms with Crippen LogP contribution in [0, 0.1) is 0 Å². The molecule has 0 spiro atoms. The van der Waals surface area contributed by atoms with Gasteiger partial charge in [-0.3, -0.25) is 4.79 Å². The Morgan fingerprint density at radius 1 is 1.38 bits per heavy atom. The summed E-state index contributed by atoms with van der Waals surface area (Å²) in [6.45, 7) is 0.741. The zero-order valence-corrected chi connectivity index (χ0v) is 8.73. The summed E-state index contributed by atoms with van der Waals surface area (Å²) in [5, 5.41) is 13.5. The Morgan fingerprint density at radius 3 is 2.81 bits per heavy atom. The number of nitrogens with one attached hydrogen (secondary N) is 2. The highest BCUT2D eigenvalue weighted by Crippen LogP contribution is 1.98. The van der Waals surface area contributed by atoms with Crippen molar-refractivity contribution in [2.24, 2.45) is 0 Å². The number of carboxylic acids is 1. The summed E-state index contributed by atoms with van der Waals surface area (Å²) >= 11 is 0. The van der Waals surface area contributed by atoms with Crippen molar-refractivity contribution in [3.63, 3.8) is 0 Å². The van der Waals surface area contributed by atoms with E-state index in [1.54, 1.807) is 12.3 Å². The lowest BCUT2D eigenvalue weighted by molar-refractivity contribution is -0.137. The van der Waals surface area contributed by atoms with Gasteiger partial charge < -0.3 is 20.2 Å². The van der Waals surface area contributed by atoms with E-state index >= 15 is 0 Å². The van der Waals surface area contributed by atoms with Crippen LogP contribution in [0.25, 0.3) is 0 Å². The van der Waals surface area contributed by atoms with Crippen molar-refractivity contribution in [2.45, 2.75) is 19.4 Å². The number of furan rings is 1. The quantitative estimate of drug-likeness (QED) is 0.629. The summed E-state index contributed by atoms with van der Waals surface area (Å²) in [5.41, 5.74) is 0.876. The predicted molar refractivity (Wildman–Crippen MR) is 55.8 cm³/mol. The third-order valence-electron chi connectivity index (χ3n) is 1.89. The van der Waals surface area contributed by atoms with Crippen LogP contribution in [0.1, 0.15) is 18.4 Å². The van der Waals surface area contributed by atoms with E-state index in [0.29, 0.717) is 19.5 Å². The molecule has 2 amide bonds. The fourth-order valence-corrected chi connectivity index (χ4v) is 1.08. The van der Waals surface area contributed by atoms with E-state index in [2.05, 4.69) is 10.6 Å². The lowest BCUT2D eigenvalue weighted by Crippen LogP contribution is -2.35. The molecule has 0 atom stereocenters. The number of rotatable bonds is 6. The SMILES string of the molecule is O=C(O)CCCNC(=O)NCc1ccoc1. The maximum Gasteiger partial charge on any atom is 0.315 e. The number of hydrogen-bond donors (Lipinski definition) is 3. The van der Waals surface area contributed by atoms with Crippen molar-refractivity contribution in [3.8, 4) is 0 Å². The highest BCUT2D eigenvalue weighted by Gasteiger charge is 2.01. The van der Waals surface area contributed by atoms with Gasteiger partial charge in [-0.1, -0.05) is 0 Å². The maximum absolute atomic E-state index is 11.2. The minimum absolute atomic E-state index is 0.0576. The van der Waals surface area contributed by atoms with E-state index in [4.69, 9.17) is 9.52 Å². The number of amides is 2. The smallest absolute Gasteiger partial charge is 0.315 e. The van der Waals surface area contributed by atoms with Crippen LogP contribution in [0.3, 0.4) is 0 Å². The first kappa shape index (κ1) is 12.1. The van der Waals surface area contributed by atoms with Gasteiger partial charge in [0.15, 0.2) is 0 Å². The molecule has 1 aromatic rings. The molecule has 0 aliphatic rings. The van der Waals surface area contributed by atoms with Crippen LogP contribution in [0.2, 0.25) is 0 Å². The van der Waals surface area contributed by atoms with Gasteiger partial charge in [0.05, 0.1) is 12.5 Å². The summed E-state index contributed by atoms with van der Waals surface area (Å²) in [4.78, 5) is 21.4. The second kappa shape index (κ2) is 6.49. The molecule has 0 aliphatic heterocycles. The van der Waals surface area contributed by atoms with Crippen LogP contribution in [0.4, 0.5) is 4.79 Å². The van der Waals surface area contributed by atoms with Crippen LogP contribution in [0.15, 0.2) is 23.0 Å². The highest BCUT2D eigenvalue weighted by atomic mass is 16.4. The van der Waals surface area contributed by atoms with E-state index < -0.39 is 5.97 Å². The lowest BCUT2D eigenvalue weighted by Gasteiger charge is -2.05. The van der Waals surface area contributed by atoms with Crippen LogP contribution in [-0.4, -0.2) is 23.7 Å². The second-order valence-electron chi connectivity index (χ2n) is 3.24. The Morgan fingerprint density at radius 2 is 2.19 bits per heavy atom. The Balaban J connectivity index is 2.05. The Labute approximate surface area is 92.6 Å². The monoisotopic (exact) mass is 226 g/mol. The molecule has 88 valence electrons. The normalized spacial score (nSPS) is 9.75. The molecule has 6 nitrogen and oxygen atoms in total. The molecule has 0 saturated carbocycles. The van der Waals surface area contributed by atoms with Crippen LogP contribution < -0.4 is 10.6 Å². The van der Waals surface area contributed by atoms with E-state index in [-0.39, 0.29) is 12.5 Å². The van der Waals surface area contributed by atoms with Gasteiger partial charge in [-0.15, -0.1) is 0 Å². The van der Waals surface area contributed by atoms with E-state index in [0.717, 1.165) is 5.56 Å². The zero-order chi connectivity index (χ0) is 11.8. The fraction of sp³-hybridized carbons (Fsp3) is 0.400. The highest BCUT2D eigenvalue weighted by molar-refractivity contribution is 5.73. The summed E-state index contributed by atoms with van der Waals surface area (Å²) in [6, 6.07) is 1.44. The van der Waals surface area contributed by atoms with Gasteiger partial charge >= 0.3 is 12.0 Å². The first-order valence-corrected chi connectivity index (χ1v) is 4.93. The molecule has 0 saturated heterocycles. The van der Waals surface area contributed by atoms with Gasteiger partial charge in [0.25, 0.3) is 0 Å². The largest absolute Gasteiger partial charge is 0.481 e. The molecule has 6 heteroatoms. The minimum Gasteiger partial charge on any atom is -0.481 e. The van der Waals surface area contributed by atoms with Crippen molar-refractivity contribution in [1.82, 2.24) is 10.6 Å². The number of carbonyl (C=O) groups excluding carboxylic acids is 1. The van der Waals surface area contributed by atoms with Gasteiger partial charge in [-0.05, 0) is 12.5 Å². The molecule has 16 heavy (non-hydrogen) atoms. The molecule has 0 bridgehead atoms. The first-order chi connectivity index (χ1) is 7.68. The first-order valence-electron chi connectivity index (χ1n) is 4.93. The zero-order valence-electron chi connectivity index (χ0n) is 8.73. The third kappa shape index (κ3) is 5.04. The van der Waals surface area contributed by atoms with Gasteiger partial charge in [-0.2, -0.15) is 0 Å². The third-order valence-corrected chi connectivity index (χ3v) is 1.89. The van der Waals surface area contributed by atoms with E-state index in [9.17, 15) is 9.59 Å². The maximum atomic E-state index is 11.2. The number of carbonyl (C=O) groups is 2. The average Bonchev–Trinajstić information content (AvgIpc) is 2.74. The summed E-state index contributed by atoms with van der Waals surface area (Å²) in [5.74, 6) is -0.861. The summed E-state index contributed by atoms with van der Waals surface area (Å²) < 4.78 is 4.83. The van der Waals surface area contributed by atoms with Crippen molar-refractivity contribution < 1.29 is 19.1 Å². The number of aliphatic carboxylic acids is 1. The van der Waals surface area contributed by atoms with E-state index in [1.807, 2.05) is 0 Å². The van der Waals surface area contributed by atoms with Crippen LogP contribution >= 0.6 is 0 Å². The molecule has 0 aromatic carbocycles. The predicted octanol–water partition coefficient (Wildman–Crippen LogP) is 0.944. The number of urea groups is 1. The molecule has 0 unspecified atom stereocenters. The topological polar surface area (TPSA) is 91.6 Å². The Kier molecular flexibility index (Phi) is 4.91. The van der Waals surface area contributed by atoms with Crippen molar-refractivity contribution in [1.29, 1.82) is 0 Å². The Bertz CT molecular complexity index is 335. The Hall–Kier alpha value is -1.98. The number of carboxylic acid groups (broad SMARTS) is 1. The molecule has 1 aromatic heterocycles. The van der Waals surface area contributed by atoms with Crippen molar-refractivity contribution >= 4 is 12.0 Å². The molecule has 0 radical (unpaired) electrons. The van der Waals surface area contributed by atoms with Gasteiger partial charge in [0.1, 0.15) is 0 Å². The second-order valence-corrected chi connectivity index (χ2v) is 3.24. The molecule has 0 fully saturated rings. The van der Waals surface area contributed by atoms with Crippen molar-refractivity contribution in [3.05, 3.63) is 24.2 Å². The van der Waals surface area contributed by atoms with E-state index in [1.165, 1.54) is 6.26 Å². The molecule has 1 heterocycles. The molecule has 3 N–H and O–H groups in total. The van der Waals surface area contributed by atoms with Gasteiger partial charge in [0.2, 0.25) is 0 Å². The summed E-state index contributed by atoms with van der Waals surface area (Å²) in [7, 11) is 0. The number of hydrogen-bond acceptors (Lipinski definition) is 3. The van der Waals surface area contributed by atoms with Gasteiger partial charge in [0, 0.05) is 25.1 Å². The van der Waals surface area contributed by atoms with Crippen molar-refractivity contribution in [2.75, 3.05) is 6.54 Å². The molecule has 1 rings (SSSR count). The minimum atomic E-state index is -0.861. The average molecular weight is 226 g/mol. The fourth-order valence-electron chi connectivity index (χ4n) is 1.08. The summed E-state index contributed by atoms with van der Waals surface area (Å²) in [6.07, 6.45) is 3.56. The van der Waals surface area contributed by atoms with Crippen LogP contribution in [0.5, 0.6) is 0 Å². The van der Waals surface area contributed by atoms with Crippen LogP contribution in [-0.2, 0) is 11.3 Å². The lowest BCUT2D eigenvalue weighted by atomic mass is 10.3. The molecule has 0 aliphatic carbocycles. The van der Waals surface area contributed by atoms with Gasteiger partial charge in [-0.25, -0.2) is 4.79 Å².